The van der Waals surface area contributed by atoms with E-state index in [1.807, 2.05) is 0 Å². The van der Waals surface area contributed by atoms with Gasteiger partial charge in [0, 0.05) is 36.7 Å². The first-order valence-corrected chi connectivity index (χ1v) is 7.25. The molecular weight excluding hydrogens is 258 g/mol. The molecule has 20 heavy (non-hydrogen) atoms. The molecule has 0 N–H and O–H groups in total. The van der Waals surface area contributed by atoms with Gasteiger partial charge in [-0.1, -0.05) is 0 Å². The summed E-state index contributed by atoms with van der Waals surface area (Å²) in [7, 11) is 0. The molecule has 1 fully saturated rings. The van der Waals surface area contributed by atoms with Crippen molar-refractivity contribution in [3.05, 3.63) is 33.7 Å². The van der Waals surface area contributed by atoms with Crippen LogP contribution in [0.25, 0.3) is 0 Å². The van der Waals surface area contributed by atoms with E-state index in [-0.39, 0.29) is 17.6 Å². The highest BCUT2D eigenvalue weighted by Crippen LogP contribution is 2.20. The van der Waals surface area contributed by atoms with Gasteiger partial charge in [0.25, 0.3) is 5.56 Å². The lowest BCUT2D eigenvalue weighted by Gasteiger charge is -2.25. The van der Waals surface area contributed by atoms with Crippen LogP contribution in [0.15, 0.2) is 16.9 Å². The first kappa shape index (κ1) is 13.5. The Hall–Kier alpha value is -1.46. The molecule has 108 valence electrons. The molecule has 1 aromatic rings. The predicted molar refractivity (Wildman–Crippen MR) is 72.9 cm³/mol. The first-order chi connectivity index (χ1) is 9.75. The van der Waals surface area contributed by atoms with Crippen LogP contribution in [0, 0.1) is 0 Å². The third-order valence-electron chi connectivity index (χ3n) is 3.90. The SMILES string of the molecule is O=C1CCCc2c1ccc(=O)n2CCC1OCCCO1. The van der Waals surface area contributed by atoms with Crippen molar-refractivity contribution in [1.29, 1.82) is 0 Å². The number of pyridine rings is 1. The van der Waals surface area contributed by atoms with E-state index in [1.54, 1.807) is 10.6 Å². The summed E-state index contributed by atoms with van der Waals surface area (Å²) >= 11 is 0. The van der Waals surface area contributed by atoms with Gasteiger partial charge in [0.1, 0.15) is 0 Å². The number of fused-ring (bicyclic) bond motifs is 1. The smallest absolute Gasteiger partial charge is 0.250 e. The molecule has 1 saturated heterocycles. The van der Waals surface area contributed by atoms with Crippen LogP contribution < -0.4 is 5.56 Å². The Balaban J connectivity index is 1.79. The van der Waals surface area contributed by atoms with E-state index < -0.39 is 0 Å². The summed E-state index contributed by atoms with van der Waals surface area (Å²) in [6.07, 6.45) is 3.54. The van der Waals surface area contributed by atoms with Gasteiger partial charge in [0.2, 0.25) is 0 Å². The van der Waals surface area contributed by atoms with Crippen molar-refractivity contribution >= 4 is 5.78 Å². The Morgan fingerprint density at radius 3 is 2.70 bits per heavy atom. The molecule has 3 rings (SSSR count). The minimum absolute atomic E-state index is 0.0470. The summed E-state index contributed by atoms with van der Waals surface area (Å²) in [5, 5.41) is 0. The van der Waals surface area contributed by atoms with E-state index in [0.717, 1.165) is 25.0 Å². The molecule has 5 heteroatoms. The van der Waals surface area contributed by atoms with Crippen LogP contribution in [-0.2, 0) is 22.4 Å². The van der Waals surface area contributed by atoms with E-state index in [2.05, 4.69) is 0 Å². The largest absolute Gasteiger partial charge is 0.353 e. The van der Waals surface area contributed by atoms with Crippen LogP contribution >= 0.6 is 0 Å². The van der Waals surface area contributed by atoms with Crippen molar-refractivity contribution in [3.63, 3.8) is 0 Å². The number of ketones is 1. The molecule has 0 radical (unpaired) electrons. The van der Waals surface area contributed by atoms with Gasteiger partial charge < -0.3 is 14.0 Å². The quantitative estimate of drug-likeness (QED) is 0.840. The minimum Gasteiger partial charge on any atom is -0.353 e. The van der Waals surface area contributed by atoms with Crippen LogP contribution in [0.5, 0.6) is 0 Å². The van der Waals surface area contributed by atoms with Crippen molar-refractivity contribution in [3.8, 4) is 0 Å². The fraction of sp³-hybridized carbons (Fsp3) is 0.600. The lowest BCUT2D eigenvalue weighted by molar-refractivity contribution is -0.182. The number of carbonyl (C=O) groups is 1. The fourth-order valence-corrected chi connectivity index (χ4v) is 2.88. The van der Waals surface area contributed by atoms with Crippen molar-refractivity contribution < 1.29 is 14.3 Å². The summed E-state index contributed by atoms with van der Waals surface area (Å²) < 4.78 is 12.7. The molecule has 1 aromatic heterocycles. The molecule has 0 atom stereocenters. The number of hydrogen-bond acceptors (Lipinski definition) is 4. The van der Waals surface area contributed by atoms with E-state index in [0.29, 0.717) is 38.2 Å². The molecule has 5 nitrogen and oxygen atoms in total. The van der Waals surface area contributed by atoms with Crippen LogP contribution in [0.3, 0.4) is 0 Å². The molecule has 0 amide bonds. The number of hydrogen-bond donors (Lipinski definition) is 0. The third-order valence-corrected chi connectivity index (χ3v) is 3.90. The van der Waals surface area contributed by atoms with Crippen LogP contribution in [0.2, 0.25) is 0 Å². The summed E-state index contributed by atoms with van der Waals surface area (Å²) in [6, 6.07) is 3.16. The second kappa shape index (κ2) is 5.89. The standard InChI is InChI=1S/C15H19NO4/c17-13-4-1-3-12-11(13)5-6-14(18)16(12)8-7-15-19-9-2-10-20-15/h5-6,15H,1-4,7-10H2. The van der Waals surface area contributed by atoms with E-state index in [1.165, 1.54) is 6.07 Å². The molecular formula is C15H19NO4. The Morgan fingerprint density at radius 1 is 1.10 bits per heavy atom. The molecule has 1 aliphatic heterocycles. The van der Waals surface area contributed by atoms with Crippen molar-refractivity contribution in [1.82, 2.24) is 4.57 Å². The van der Waals surface area contributed by atoms with Gasteiger partial charge in [-0.2, -0.15) is 0 Å². The molecule has 0 spiro atoms. The summed E-state index contributed by atoms with van der Waals surface area (Å²) in [6.45, 7) is 1.97. The maximum Gasteiger partial charge on any atom is 0.250 e. The maximum absolute atomic E-state index is 12.0. The Morgan fingerprint density at radius 2 is 1.90 bits per heavy atom. The Kier molecular flexibility index (Phi) is 3.98. The monoisotopic (exact) mass is 277 g/mol. The van der Waals surface area contributed by atoms with Gasteiger partial charge in [-0.05, 0) is 25.3 Å². The molecule has 2 aliphatic rings. The number of nitrogens with zero attached hydrogens (tertiary/aromatic N) is 1. The maximum atomic E-state index is 12.0. The van der Waals surface area contributed by atoms with Gasteiger partial charge in [0.05, 0.1) is 13.2 Å². The summed E-state index contributed by atoms with van der Waals surface area (Å²) in [4.78, 5) is 23.9. The number of ether oxygens (including phenoxy) is 2. The highest BCUT2D eigenvalue weighted by molar-refractivity contribution is 5.97. The molecule has 1 aliphatic carbocycles. The van der Waals surface area contributed by atoms with Gasteiger partial charge in [-0.25, -0.2) is 0 Å². The Bertz CT molecular complexity index is 557. The van der Waals surface area contributed by atoms with Gasteiger partial charge >= 0.3 is 0 Å². The van der Waals surface area contributed by atoms with Crippen molar-refractivity contribution in [2.75, 3.05) is 13.2 Å². The zero-order valence-corrected chi connectivity index (χ0v) is 11.5. The lowest BCUT2D eigenvalue weighted by atomic mass is 9.94. The highest BCUT2D eigenvalue weighted by Gasteiger charge is 2.21. The molecule has 0 aromatic carbocycles. The van der Waals surface area contributed by atoms with Crippen LogP contribution in [0.1, 0.15) is 41.7 Å². The van der Waals surface area contributed by atoms with E-state index in [9.17, 15) is 9.59 Å². The topological polar surface area (TPSA) is 57.5 Å². The Labute approximate surface area is 117 Å². The normalized spacial score (nSPS) is 19.9. The molecule has 0 bridgehead atoms. The summed E-state index contributed by atoms with van der Waals surface area (Å²) in [5.74, 6) is 0.144. The zero-order chi connectivity index (χ0) is 13.9. The first-order valence-electron chi connectivity index (χ1n) is 7.25. The fourth-order valence-electron chi connectivity index (χ4n) is 2.88. The number of Topliss-reactive ketones (excluding diaryl/α,β-unsaturated/α-hetero) is 1. The van der Waals surface area contributed by atoms with Crippen molar-refractivity contribution in [2.24, 2.45) is 0 Å². The average Bonchev–Trinajstić information content (AvgIpc) is 2.47. The second-order valence-corrected chi connectivity index (χ2v) is 5.27. The number of carbonyl (C=O) groups excluding carboxylic acids is 1. The van der Waals surface area contributed by atoms with Crippen LogP contribution in [0.4, 0.5) is 0 Å². The highest BCUT2D eigenvalue weighted by atomic mass is 16.7. The zero-order valence-electron chi connectivity index (χ0n) is 11.5. The second-order valence-electron chi connectivity index (χ2n) is 5.27. The molecule has 0 unspecified atom stereocenters. The number of aromatic nitrogens is 1. The van der Waals surface area contributed by atoms with Gasteiger partial charge in [-0.15, -0.1) is 0 Å². The number of rotatable bonds is 3. The lowest BCUT2D eigenvalue weighted by Crippen LogP contribution is -2.31. The molecule has 2 heterocycles. The van der Waals surface area contributed by atoms with E-state index in [4.69, 9.17) is 9.47 Å². The van der Waals surface area contributed by atoms with Gasteiger partial charge in [0.15, 0.2) is 12.1 Å². The average molecular weight is 277 g/mol. The minimum atomic E-state index is -0.231. The summed E-state index contributed by atoms with van der Waals surface area (Å²) in [5.41, 5.74) is 1.54. The predicted octanol–water partition coefficient (Wildman–Crippen LogP) is 1.52. The van der Waals surface area contributed by atoms with E-state index >= 15 is 0 Å². The third kappa shape index (κ3) is 2.69. The van der Waals surface area contributed by atoms with Crippen LogP contribution in [-0.4, -0.2) is 29.9 Å². The van der Waals surface area contributed by atoms with Gasteiger partial charge in [-0.3, -0.25) is 9.59 Å². The van der Waals surface area contributed by atoms with Crippen molar-refractivity contribution in [2.45, 2.75) is 44.9 Å². The molecule has 0 saturated carbocycles.